The number of allylic oxidation sites excluding steroid dienone is 1. The van der Waals surface area contributed by atoms with Gasteiger partial charge in [-0.1, -0.05) is 49.1 Å². The normalized spacial score (nSPS) is 10.0. The van der Waals surface area contributed by atoms with Gasteiger partial charge >= 0.3 is 0 Å². The van der Waals surface area contributed by atoms with Crippen molar-refractivity contribution in [1.82, 2.24) is 0 Å². The van der Waals surface area contributed by atoms with Gasteiger partial charge in [0.05, 0.1) is 14.2 Å². The van der Waals surface area contributed by atoms with Crippen molar-refractivity contribution >= 4 is 6.08 Å². The molecule has 0 aliphatic carbocycles. The van der Waals surface area contributed by atoms with E-state index in [1.54, 1.807) is 20.3 Å². The summed E-state index contributed by atoms with van der Waals surface area (Å²) in [7, 11) is 3.25. The molecule has 3 nitrogen and oxygen atoms in total. The lowest BCUT2D eigenvalue weighted by atomic mass is 10.0. The van der Waals surface area contributed by atoms with Crippen molar-refractivity contribution in [2.75, 3.05) is 14.2 Å². The van der Waals surface area contributed by atoms with Crippen molar-refractivity contribution in [3.05, 3.63) is 72.3 Å². The fourth-order valence-corrected chi connectivity index (χ4v) is 2.46. The monoisotopic (exact) mass is 310 g/mol. The third-order valence-corrected chi connectivity index (χ3v) is 3.57. The van der Waals surface area contributed by atoms with E-state index in [0.29, 0.717) is 30.3 Å². The summed E-state index contributed by atoms with van der Waals surface area (Å²) in [6.45, 7) is 8.18. The van der Waals surface area contributed by atoms with E-state index < -0.39 is 0 Å². The van der Waals surface area contributed by atoms with Crippen LogP contribution in [0.4, 0.5) is 0 Å². The van der Waals surface area contributed by atoms with Crippen molar-refractivity contribution in [1.29, 1.82) is 0 Å². The van der Waals surface area contributed by atoms with Crippen LogP contribution < -0.4 is 14.2 Å². The van der Waals surface area contributed by atoms with E-state index in [-0.39, 0.29) is 0 Å². The first-order chi connectivity index (χ1) is 11.2. The molecule has 0 aliphatic rings. The van der Waals surface area contributed by atoms with Gasteiger partial charge in [-0.3, -0.25) is 0 Å². The van der Waals surface area contributed by atoms with E-state index in [2.05, 4.69) is 13.2 Å². The van der Waals surface area contributed by atoms with Gasteiger partial charge in [-0.05, 0) is 12.0 Å². The Kier molecular flexibility index (Phi) is 5.87. The van der Waals surface area contributed by atoms with Crippen molar-refractivity contribution in [2.45, 2.75) is 13.0 Å². The summed E-state index contributed by atoms with van der Waals surface area (Å²) in [5.41, 5.74) is 2.95. The quantitative estimate of drug-likeness (QED) is 0.664. The molecule has 0 radical (unpaired) electrons. The Balaban J connectivity index is 2.46. The van der Waals surface area contributed by atoms with Gasteiger partial charge in [0.15, 0.2) is 11.5 Å². The lowest BCUT2D eigenvalue weighted by molar-refractivity contribution is 0.280. The molecule has 0 spiro atoms. The molecule has 0 heterocycles. The highest BCUT2D eigenvalue weighted by Crippen LogP contribution is 2.41. The summed E-state index contributed by atoms with van der Waals surface area (Å²) in [6, 6.07) is 11.8. The van der Waals surface area contributed by atoms with Gasteiger partial charge in [0.1, 0.15) is 12.4 Å². The van der Waals surface area contributed by atoms with Gasteiger partial charge in [0.2, 0.25) is 0 Å². The standard InChI is InChI=1S/C20H22O3/c1-5-10-17-16(6-2)18(21-3)13-19(22-4)20(17)23-14-15-11-8-7-9-12-15/h5-9,11-13H,1-2,10,14H2,3-4H3. The Labute approximate surface area is 137 Å². The molecule has 2 aromatic carbocycles. The van der Waals surface area contributed by atoms with Gasteiger partial charge in [0, 0.05) is 17.2 Å². The number of rotatable bonds is 8. The minimum absolute atomic E-state index is 0.463. The average molecular weight is 310 g/mol. The zero-order valence-electron chi connectivity index (χ0n) is 13.7. The Morgan fingerprint density at radius 1 is 1.00 bits per heavy atom. The number of hydrogen-bond donors (Lipinski definition) is 0. The summed E-state index contributed by atoms with van der Waals surface area (Å²) in [5.74, 6) is 2.05. The third kappa shape index (κ3) is 3.75. The summed E-state index contributed by atoms with van der Waals surface area (Å²) in [6.07, 6.45) is 4.24. The summed E-state index contributed by atoms with van der Waals surface area (Å²) < 4.78 is 17.0. The largest absolute Gasteiger partial charge is 0.496 e. The fourth-order valence-electron chi connectivity index (χ4n) is 2.46. The van der Waals surface area contributed by atoms with Crippen LogP contribution in [0.15, 0.2) is 55.6 Å². The second kappa shape index (κ2) is 8.08. The van der Waals surface area contributed by atoms with Crippen LogP contribution in [0.1, 0.15) is 16.7 Å². The lowest BCUT2D eigenvalue weighted by Gasteiger charge is -2.19. The lowest BCUT2D eigenvalue weighted by Crippen LogP contribution is -2.04. The molecule has 0 aromatic heterocycles. The van der Waals surface area contributed by atoms with Crippen LogP contribution in [0.5, 0.6) is 17.2 Å². The van der Waals surface area contributed by atoms with Crippen LogP contribution in [0, 0.1) is 0 Å². The van der Waals surface area contributed by atoms with Crippen molar-refractivity contribution in [3.63, 3.8) is 0 Å². The zero-order valence-corrected chi connectivity index (χ0v) is 13.7. The topological polar surface area (TPSA) is 27.7 Å². The molecule has 2 rings (SSSR count). The number of hydrogen-bond acceptors (Lipinski definition) is 3. The molecule has 23 heavy (non-hydrogen) atoms. The average Bonchev–Trinajstić information content (AvgIpc) is 2.60. The molecule has 0 aliphatic heterocycles. The Hall–Kier alpha value is -2.68. The SMILES string of the molecule is C=CCc1c(C=C)c(OC)cc(OC)c1OCc1ccccc1. The zero-order chi connectivity index (χ0) is 16.7. The molecule has 0 unspecified atom stereocenters. The van der Waals surface area contributed by atoms with E-state index in [0.717, 1.165) is 16.7 Å². The smallest absolute Gasteiger partial charge is 0.166 e. The predicted molar refractivity (Wildman–Crippen MR) is 94.3 cm³/mol. The minimum atomic E-state index is 0.463. The summed E-state index contributed by atoms with van der Waals surface area (Å²) in [4.78, 5) is 0. The first-order valence-electron chi connectivity index (χ1n) is 7.43. The Morgan fingerprint density at radius 2 is 1.70 bits per heavy atom. The first kappa shape index (κ1) is 16.7. The molecule has 0 saturated carbocycles. The highest BCUT2D eigenvalue weighted by molar-refractivity contribution is 5.68. The van der Waals surface area contributed by atoms with Crippen molar-refractivity contribution in [3.8, 4) is 17.2 Å². The van der Waals surface area contributed by atoms with Crippen molar-refractivity contribution in [2.24, 2.45) is 0 Å². The first-order valence-corrected chi connectivity index (χ1v) is 7.43. The number of ether oxygens (including phenoxy) is 3. The third-order valence-electron chi connectivity index (χ3n) is 3.57. The highest BCUT2D eigenvalue weighted by atomic mass is 16.5. The molecular weight excluding hydrogens is 288 g/mol. The maximum absolute atomic E-state index is 6.06. The molecule has 3 heteroatoms. The molecular formula is C20H22O3. The molecule has 2 aromatic rings. The van der Waals surface area contributed by atoms with Crippen LogP contribution >= 0.6 is 0 Å². The Morgan fingerprint density at radius 3 is 2.26 bits per heavy atom. The highest BCUT2D eigenvalue weighted by Gasteiger charge is 2.18. The molecule has 0 atom stereocenters. The molecule has 0 amide bonds. The molecule has 0 bridgehead atoms. The predicted octanol–water partition coefficient (Wildman–Crippen LogP) is 4.65. The molecule has 0 fully saturated rings. The van der Waals surface area contributed by atoms with Crippen molar-refractivity contribution < 1.29 is 14.2 Å². The van der Waals surface area contributed by atoms with Gasteiger partial charge in [-0.2, -0.15) is 0 Å². The van der Waals surface area contributed by atoms with Crippen LogP contribution in [-0.4, -0.2) is 14.2 Å². The van der Waals surface area contributed by atoms with E-state index in [1.165, 1.54) is 0 Å². The molecule has 0 saturated heterocycles. The minimum Gasteiger partial charge on any atom is -0.496 e. The maximum atomic E-state index is 6.06. The van der Waals surface area contributed by atoms with E-state index in [4.69, 9.17) is 14.2 Å². The summed E-state index contributed by atoms with van der Waals surface area (Å²) >= 11 is 0. The second-order valence-corrected chi connectivity index (χ2v) is 4.97. The fraction of sp³-hybridized carbons (Fsp3) is 0.200. The molecule has 120 valence electrons. The maximum Gasteiger partial charge on any atom is 0.166 e. The Bertz CT molecular complexity index is 675. The van der Waals surface area contributed by atoms with Gasteiger partial charge < -0.3 is 14.2 Å². The van der Waals surface area contributed by atoms with Gasteiger partial charge in [-0.25, -0.2) is 0 Å². The van der Waals surface area contributed by atoms with Crippen LogP contribution in [-0.2, 0) is 13.0 Å². The van der Waals surface area contributed by atoms with Crippen LogP contribution in [0.2, 0.25) is 0 Å². The number of benzene rings is 2. The van der Waals surface area contributed by atoms with E-state index >= 15 is 0 Å². The van der Waals surface area contributed by atoms with E-state index in [9.17, 15) is 0 Å². The second-order valence-electron chi connectivity index (χ2n) is 4.97. The van der Waals surface area contributed by atoms with Gasteiger partial charge in [0.25, 0.3) is 0 Å². The van der Waals surface area contributed by atoms with Gasteiger partial charge in [-0.15, -0.1) is 6.58 Å². The molecule has 0 N–H and O–H groups in total. The van der Waals surface area contributed by atoms with E-state index in [1.807, 2.05) is 42.5 Å². The van der Waals surface area contributed by atoms with Crippen LogP contribution in [0.25, 0.3) is 6.08 Å². The van der Waals surface area contributed by atoms with Crippen LogP contribution in [0.3, 0.4) is 0 Å². The number of methoxy groups -OCH3 is 2. The summed E-state index contributed by atoms with van der Waals surface area (Å²) in [5, 5.41) is 0.